The average molecular weight is 167 g/mol. The van der Waals surface area contributed by atoms with Crippen LogP contribution in [-0.2, 0) is 0 Å². The Labute approximate surface area is 72.0 Å². The summed E-state index contributed by atoms with van der Waals surface area (Å²) in [7, 11) is 0. The minimum atomic E-state index is -0.528. The lowest BCUT2D eigenvalue weighted by atomic mass is 10.2. The lowest BCUT2D eigenvalue weighted by Gasteiger charge is -2.09. The molecule has 1 aromatic rings. The van der Waals surface area contributed by atoms with Crippen molar-refractivity contribution in [3.63, 3.8) is 0 Å². The van der Waals surface area contributed by atoms with Crippen molar-refractivity contribution in [3.05, 3.63) is 23.9 Å². The Morgan fingerprint density at radius 2 is 2.42 bits per heavy atom. The molecule has 1 N–H and O–H groups in total. The molecule has 0 aromatic carbocycles. The van der Waals surface area contributed by atoms with Crippen LogP contribution in [0.4, 0.5) is 0 Å². The third kappa shape index (κ3) is 1.95. The van der Waals surface area contributed by atoms with Crippen molar-refractivity contribution in [2.75, 3.05) is 6.61 Å². The average Bonchev–Trinajstić information content (AvgIpc) is 2.05. The van der Waals surface area contributed by atoms with E-state index in [4.69, 9.17) is 4.74 Å². The summed E-state index contributed by atoms with van der Waals surface area (Å²) in [5.41, 5.74) is 0.736. The van der Waals surface area contributed by atoms with Crippen LogP contribution in [-0.4, -0.2) is 16.7 Å². The van der Waals surface area contributed by atoms with Gasteiger partial charge < -0.3 is 9.84 Å². The number of aliphatic hydroxyl groups excluding tert-OH is 1. The van der Waals surface area contributed by atoms with E-state index in [0.29, 0.717) is 12.5 Å². The number of pyridine rings is 1. The fourth-order valence-electron chi connectivity index (χ4n) is 0.979. The number of aromatic nitrogens is 1. The molecule has 3 nitrogen and oxygen atoms in total. The Morgan fingerprint density at radius 3 is 3.00 bits per heavy atom. The van der Waals surface area contributed by atoms with E-state index >= 15 is 0 Å². The molecule has 0 saturated carbocycles. The summed E-state index contributed by atoms with van der Waals surface area (Å²) in [5, 5.41) is 9.31. The van der Waals surface area contributed by atoms with Crippen molar-refractivity contribution in [1.82, 2.24) is 4.98 Å². The van der Waals surface area contributed by atoms with Gasteiger partial charge in [0.25, 0.3) is 0 Å². The summed E-state index contributed by atoms with van der Waals surface area (Å²) in [4.78, 5) is 4.01. The van der Waals surface area contributed by atoms with E-state index in [1.807, 2.05) is 13.0 Å². The van der Waals surface area contributed by atoms with Crippen LogP contribution < -0.4 is 4.74 Å². The van der Waals surface area contributed by atoms with Crippen molar-refractivity contribution in [1.29, 1.82) is 0 Å². The molecule has 1 aromatic heterocycles. The molecule has 0 aliphatic rings. The van der Waals surface area contributed by atoms with Gasteiger partial charge in [-0.15, -0.1) is 0 Å². The monoisotopic (exact) mass is 167 g/mol. The quantitative estimate of drug-likeness (QED) is 0.742. The summed E-state index contributed by atoms with van der Waals surface area (Å²) in [6, 6.07) is 3.59. The molecule has 0 aliphatic heterocycles. The molecule has 1 atom stereocenters. The van der Waals surface area contributed by atoms with Gasteiger partial charge in [-0.1, -0.05) is 0 Å². The topological polar surface area (TPSA) is 42.4 Å². The number of aliphatic hydroxyl groups is 1. The normalized spacial score (nSPS) is 12.6. The maximum Gasteiger partial charge on any atom is 0.219 e. The van der Waals surface area contributed by atoms with Crippen molar-refractivity contribution < 1.29 is 9.84 Å². The fraction of sp³-hybridized carbons (Fsp3) is 0.444. The van der Waals surface area contributed by atoms with Crippen molar-refractivity contribution in [3.8, 4) is 5.88 Å². The van der Waals surface area contributed by atoms with Gasteiger partial charge in [0.2, 0.25) is 5.88 Å². The smallest absolute Gasteiger partial charge is 0.219 e. The highest BCUT2D eigenvalue weighted by atomic mass is 16.5. The van der Waals surface area contributed by atoms with Crippen LogP contribution in [0.15, 0.2) is 18.3 Å². The molecule has 0 radical (unpaired) electrons. The van der Waals surface area contributed by atoms with Gasteiger partial charge in [-0.3, -0.25) is 0 Å². The lowest BCUT2D eigenvalue weighted by Crippen LogP contribution is -2.01. The summed E-state index contributed by atoms with van der Waals surface area (Å²) in [5.74, 6) is 0.523. The SMILES string of the molecule is CCOc1ncccc1[C@@H](C)O. The summed E-state index contributed by atoms with van der Waals surface area (Å²) >= 11 is 0. The van der Waals surface area contributed by atoms with Gasteiger partial charge in [0.05, 0.1) is 12.7 Å². The molecule has 3 heteroatoms. The fourth-order valence-corrected chi connectivity index (χ4v) is 0.979. The Kier molecular flexibility index (Phi) is 3.05. The summed E-state index contributed by atoms with van der Waals surface area (Å²) in [6.07, 6.45) is 1.12. The largest absolute Gasteiger partial charge is 0.478 e. The van der Waals surface area contributed by atoms with Crippen molar-refractivity contribution in [2.45, 2.75) is 20.0 Å². The third-order valence-corrected chi connectivity index (χ3v) is 1.53. The Morgan fingerprint density at radius 1 is 1.67 bits per heavy atom. The molecular weight excluding hydrogens is 154 g/mol. The minimum Gasteiger partial charge on any atom is -0.478 e. The Bertz CT molecular complexity index is 248. The molecule has 12 heavy (non-hydrogen) atoms. The molecule has 0 spiro atoms. The van der Waals surface area contributed by atoms with Gasteiger partial charge in [0, 0.05) is 11.8 Å². The number of hydrogen-bond acceptors (Lipinski definition) is 3. The van der Waals surface area contributed by atoms with Gasteiger partial charge in [0.1, 0.15) is 0 Å². The highest BCUT2D eigenvalue weighted by Gasteiger charge is 2.08. The zero-order chi connectivity index (χ0) is 8.97. The van der Waals surface area contributed by atoms with Gasteiger partial charge in [-0.25, -0.2) is 4.98 Å². The first-order valence-corrected chi connectivity index (χ1v) is 4.01. The van der Waals surface area contributed by atoms with Crippen molar-refractivity contribution >= 4 is 0 Å². The number of rotatable bonds is 3. The van der Waals surface area contributed by atoms with E-state index in [2.05, 4.69) is 4.98 Å². The number of nitrogens with zero attached hydrogens (tertiary/aromatic N) is 1. The van der Waals surface area contributed by atoms with Crippen molar-refractivity contribution in [2.24, 2.45) is 0 Å². The molecule has 0 amide bonds. The second kappa shape index (κ2) is 4.07. The van der Waals surface area contributed by atoms with Crippen LogP contribution in [0.3, 0.4) is 0 Å². The zero-order valence-electron chi connectivity index (χ0n) is 7.32. The highest BCUT2D eigenvalue weighted by molar-refractivity contribution is 5.27. The molecular formula is C9H13NO2. The lowest BCUT2D eigenvalue weighted by molar-refractivity contribution is 0.190. The van der Waals surface area contributed by atoms with Crippen LogP contribution in [0, 0.1) is 0 Å². The maximum absolute atomic E-state index is 9.31. The number of hydrogen-bond donors (Lipinski definition) is 1. The van der Waals surface area contributed by atoms with E-state index in [0.717, 1.165) is 5.56 Å². The molecule has 1 rings (SSSR count). The zero-order valence-corrected chi connectivity index (χ0v) is 7.32. The van der Waals surface area contributed by atoms with E-state index in [9.17, 15) is 5.11 Å². The number of ether oxygens (including phenoxy) is 1. The van der Waals surface area contributed by atoms with E-state index in [1.54, 1.807) is 19.2 Å². The summed E-state index contributed by atoms with van der Waals surface area (Å²) < 4.78 is 5.23. The molecule has 0 bridgehead atoms. The molecule has 0 unspecified atom stereocenters. The first kappa shape index (κ1) is 9.00. The van der Waals surface area contributed by atoms with E-state index in [-0.39, 0.29) is 0 Å². The van der Waals surface area contributed by atoms with Gasteiger partial charge in [-0.05, 0) is 26.0 Å². The van der Waals surface area contributed by atoms with Gasteiger partial charge in [-0.2, -0.15) is 0 Å². The molecule has 0 fully saturated rings. The predicted octanol–water partition coefficient (Wildman–Crippen LogP) is 1.53. The van der Waals surface area contributed by atoms with E-state index < -0.39 is 6.10 Å². The highest BCUT2D eigenvalue weighted by Crippen LogP contribution is 2.21. The van der Waals surface area contributed by atoms with Gasteiger partial charge >= 0.3 is 0 Å². The molecule has 0 aliphatic carbocycles. The predicted molar refractivity (Wildman–Crippen MR) is 46.0 cm³/mol. The van der Waals surface area contributed by atoms with Crippen LogP contribution in [0.2, 0.25) is 0 Å². The molecule has 66 valence electrons. The summed E-state index contributed by atoms with van der Waals surface area (Å²) in [6.45, 7) is 4.15. The van der Waals surface area contributed by atoms with E-state index in [1.165, 1.54) is 0 Å². The third-order valence-electron chi connectivity index (χ3n) is 1.53. The minimum absolute atomic E-state index is 0.523. The first-order valence-electron chi connectivity index (χ1n) is 4.01. The van der Waals surface area contributed by atoms with Crippen LogP contribution in [0.5, 0.6) is 5.88 Å². The Hall–Kier alpha value is -1.09. The second-order valence-electron chi connectivity index (χ2n) is 2.51. The van der Waals surface area contributed by atoms with Gasteiger partial charge in [0.15, 0.2) is 0 Å². The first-order chi connectivity index (χ1) is 5.75. The van der Waals surface area contributed by atoms with Crippen LogP contribution >= 0.6 is 0 Å². The second-order valence-corrected chi connectivity index (χ2v) is 2.51. The standard InChI is InChI=1S/C9H13NO2/c1-3-12-9-8(7(2)11)5-4-6-10-9/h4-7,11H,3H2,1-2H3/t7-/m1/s1. The molecule has 1 heterocycles. The Balaban J connectivity index is 2.92. The van der Waals surface area contributed by atoms with Crippen LogP contribution in [0.1, 0.15) is 25.5 Å². The maximum atomic E-state index is 9.31. The molecule has 0 saturated heterocycles. The van der Waals surface area contributed by atoms with Crippen LogP contribution in [0.25, 0.3) is 0 Å².